The van der Waals surface area contributed by atoms with Gasteiger partial charge in [0.1, 0.15) is 5.95 Å². The van der Waals surface area contributed by atoms with Gasteiger partial charge in [-0.2, -0.15) is 0 Å². The number of nitrogens with zero attached hydrogens (tertiary/aromatic N) is 3. The fourth-order valence-corrected chi connectivity index (χ4v) is 1.79. The van der Waals surface area contributed by atoms with Crippen LogP contribution in [0.15, 0.2) is 10.7 Å². The Morgan fingerprint density at radius 2 is 2.21 bits per heavy atom. The van der Waals surface area contributed by atoms with E-state index in [0.29, 0.717) is 0 Å². The van der Waals surface area contributed by atoms with E-state index in [1.165, 1.54) is 38.5 Å². The van der Waals surface area contributed by atoms with Gasteiger partial charge in [0, 0.05) is 0 Å². The average molecular weight is 197 g/mol. The molecule has 0 amide bonds. The summed E-state index contributed by atoms with van der Waals surface area (Å²) in [6.07, 6.45) is 5.31. The molecule has 0 unspecified atom stereocenters. The van der Waals surface area contributed by atoms with Gasteiger partial charge in [0.05, 0.1) is 11.8 Å². The lowest BCUT2D eigenvalue weighted by Crippen LogP contribution is -2.43. The van der Waals surface area contributed by atoms with Crippen molar-refractivity contribution in [1.82, 2.24) is 10.2 Å². The van der Waals surface area contributed by atoms with Gasteiger partial charge in [-0.05, 0) is 25.9 Å². The fraction of sp³-hybridized carbons (Fsp3) is 0.778. The molecule has 0 spiro atoms. The molecule has 0 atom stereocenters. The number of aromatic nitrogens is 2. The zero-order valence-corrected chi connectivity index (χ0v) is 8.19. The molecule has 0 bridgehead atoms. The van der Waals surface area contributed by atoms with Crippen LogP contribution in [0.4, 0.5) is 0 Å². The van der Waals surface area contributed by atoms with Gasteiger partial charge in [-0.1, -0.05) is 11.1 Å². The van der Waals surface area contributed by atoms with Crippen LogP contribution in [0.25, 0.3) is 0 Å². The first-order valence-corrected chi connectivity index (χ1v) is 5.10. The Bertz CT molecular complexity index is 281. The second-order valence-corrected chi connectivity index (χ2v) is 3.69. The second-order valence-electron chi connectivity index (χ2n) is 3.69. The van der Waals surface area contributed by atoms with Gasteiger partial charge in [0.15, 0.2) is 6.54 Å². The van der Waals surface area contributed by atoms with E-state index in [9.17, 15) is 5.11 Å². The fourth-order valence-electron chi connectivity index (χ4n) is 1.79. The van der Waals surface area contributed by atoms with E-state index in [0.717, 1.165) is 13.1 Å². The average Bonchev–Trinajstić information content (AvgIpc) is 2.63. The summed E-state index contributed by atoms with van der Waals surface area (Å²) in [4.78, 5) is 2.40. The van der Waals surface area contributed by atoms with Crippen LogP contribution < -0.4 is 9.79 Å². The Morgan fingerprint density at radius 1 is 1.43 bits per heavy atom. The molecular formula is C9H15N3O2. The first-order valence-electron chi connectivity index (χ1n) is 5.10. The smallest absolute Gasteiger partial charge is 0.221 e. The van der Waals surface area contributed by atoms with Crippen molar-refractivity contribution in [3.05, 3.63) is 6.20 Å². The highest BCUT2D eigenvalue weighted by molar-refractivity contribution is 4.80. The number of hydrogen-bond acceptors (Lipinski definition) is 4. The van der Waals surface area contributed by atoms with Crippen molar-refractivity contribution in [1.29, 1.82) is 0 Å². The Kier molecular flexibility index (Phi) is 2.98. The summed E-state index contributed by atoms with van der Waals surface area (Å²) in [5.41, 5.74) is 0. The second kappa shape index (κ2) is 4.41. The molecule has 14 heavy (non-hydrogen) atoms. The van der Waals surface area contributed by atoms with Crippen molar-refractivity contribution in [3.8, 4) is 5.95 Å². The highest BCUT2D eigenvalue weighted by Crippen LogP contribution is 2.07. The largest absolute Gasteiger partial charge is 0.539 e. The van der Waals surface area contributed by atoms with Crippen molar-refractivity contribution < 1.29 is 14.3 Å². The first kappa shape index (κ1) is 9.45. The maximum Gasteiger partial charge on any atom is 0.221 e. The summed E-state index contributed by atoms with van der Waals surface area (Å²) >= 11 is 0. The molecule has 2 heterocycles. The van der Waals surface area contributed by atoms with E-state index in [4.69, 9.17) is 0 Å². The maximum atomic E-state index is 10.7. The number of rotatable bonds is 3. The minimum absolute atomic E-state index is 0.372. The van der Waals surface area contributed by atoms with Crippen molar-refractivity contribution in [3.63, 3.8) is 0 Å². The first-order chi connectivity index (χ1) is 6.84. The van der Waals surface area contributed by atoms with Gasteiger partial charge in [-0.3, -0.25) is 4.90 Å². The van der Waals surface area contributed by atoms with Crippen LogP contribution in [-0.4, -0.2) is 29.8 Å². The predicted molar refractivity (Wildman–Crippen MR) is 46.4 cm³/mol. The van der Waals surface area contributed by atoms with Crippen LogP contribution in [0, 0.1) is 0 Å². The lowest BCUT2D eigenvalue weighted by molar-refractivity contribution is -0.761. The quantitative estimate of drug-likeness (QED) is 0.614. The highest BCUT2D eigenvalue weighted by atomic mass is 16.6. The predicted octanol–water partition coefficient (Wildman–Crippen LogP) is -0.478. The number of piperidine rings is 1. The molecule has 5 nitrogen and oxygen atoms in total. The molecule has 1 aromatic rings. The topological polar surface area (TPSA) is 56.2 Å². The SMILES string of the molecule is [O-]c1c[n+](CCN2CCCCC2)no1. The molecule has 0 radical (unpaired) electrons. The van der Waals surface area contributed by atoms with E-state index in [2.05, 4.69) is 14.7 Å². The third-order valence-corrected chi connectivity index (χ3v) is 2.58. The summed E-state index contributed by atoms with van der Waals surface area (Å²) < 4.78 is 6.01. The van der Waals surface area contributed by atoms with Crippen LogP contribution in [0.1, 0.15) is 19.3 Å². The third kappa shape index (κ3) is 2.45. The van der Waals surface area contributed by atoms with E-state index in [1.54, 1.807) is 4.68 Å². The Hall–Kier alpha value is -1.10. The molecule has 2 rings (SSSR count). The molecule has 1 fully saturated rings. The van der Waals surface area contributed by atoms with Crippen LogP contribution in [0.5, 0.6) is 5.95 Å². The summed E-state index contributed by atoms with van der Waals surface area (Å²) in [6.45, 7) is 4.04. The molecule has 5 heteroatoms. The van der Waals surface area contributed by atoms with E-state index in [-0.39, 0.29) is 5.95 Å². The van der Waals surface area contributed by atoms with Crippen molar-refractivity contribution in [2.75, 3.05) is 19.6 Å². The van der Waals surface area contributed by atoms with E-state index >= 15 is 0 Å². The zero-order chi connectivity index (χ0) is 9.80. The zero-order valence-electron chi connectivity index (χ0n) is 8.19. The summed E-state index contributed by atoms with van der Waals surface area (Å²) in [5, 5.41) is 14.3. The van der Waals surface area contributed by atoms with E-state index in [1.807, 2.05) is 0 Å². The lowest BCUT2D eigenvalue weighted by Gasteiger charge is -2.24. The van der Waals surface area contributed by atoms with Gasteiger partial charge in [-0.25, -0.2) is 0 Å². The highest BCUT2D eigenvalue weighted by Gasteiger charge is 2.12. The van der Waals surface area contributed by atoms with Gasteiger partial charge in [0.2, 0.25) is 6.20 Å². The molecule has 1 aliphatic rings. The molecule has 0 aromatic carbocycles. The standard InChI is InChI=1S/C9H15N3O2/c13-9-8-12(10-14-9)7-6-11-4-2-1-3-5-11/h8H,1-7H2. The van der Waals surface area contributed by atoms with Crippen LogP contribution in [0.2, 0.25) is 0 Å². The van der Waals surface area contributed by atoms with E-state index < -0.39 is 0 Å². The molecular weight excluding hydrogens is 182 g/mol. The molecule has 1 aliphatic heterocycles. The minimum Gasteiger partial charge on any atom is -0.539 e. The maximum absolute atomic E-state index is 10.7. The Morgan fingerprint density at radius 3 is 2.86 bits per heavy atom. The Balaban J connectivity index is 1.76. The molecule has 0 aliphatic carbocycles. The van der Waals surface area contributed by atoms with Crippen LogP contribution in [-0.2, 0) is 6.54 Å². The minimum atomic E-state index is -0.372. The summed E-state index contributed by atoms with van der Waals surface area (Å²) in [6, 6.07) is 0. The van der Waals surface area contributed by atoms with Crippen LogP contribution in [0.3, 0.4) is 0 Å². The lowest BCUT2D eigenvalue weighted by atomic mass is 10.1. The molecule has 0 N–H and O–H groups in total. The normalized spacial score (nSPS) is 18.6. The molecule has 78 valence electrons. The monoisotopic (exact) mass is 197 g/mol. The van der Waals surface area contributed by atoms with Gasteiger partial charge < -0.3 is 9.63 Å². The molecule has 1 aromatic heterocycles. The summed E-state index contributed by atoms with van der Waals surface area (Å²) in [5.74, 6) is -0.372. The molecule has 0 saturated carbocycles. The Labute approximate surface area is 82.9 Å². The number of likely N-dealkylation sites (tertiary alicyclic amines) is 1. The van der Waals surface area contributed by atoms with Gasteiger partial charge in [-0.15, -0.1) is 0 Å². The van der Waals surface area contributed by atoms with Crippen molar-refractivity contribution >= 4 is 0 Å². The van der Waals surface area contributed by atoms with Crippen molar-refractivity contribution in [2.24, 2.45) is 0 Å². The van der Waals surface area contributed by atoms with Gasteiger partial charge in [0.25, 0.3) is 0 Å². The van der Waals surface area contributed by atoms with Gasteiger partial charge >= 0.3 is 0 Å². The third-order valence-electron chi connectivity index (χ3n) is 2.58. The molecule has 1 saturated heterocycles. The van der Waals surface area contributed by atoms with Crippen LogP contribution >= 0.6 is 0 Å². The summed E-state index contributed by atoms with van der Waals surface area (Å²) in [7, 11) is 0. The van der Waals surface area contributed by atoms with Crippen molar-refractivity contribution in [2.45, 2.75) is 25.8 Å². The number of hydrogen-bond donors (Lipinski definition) is 0.